The molecule has 0 fully saturated rings. The van der Waals surface area contributed by atoms with E-state index in [0.717, 1.165) is 0 Å². The van der Waals surface area contributed by atoms with Crippen LogP contribution in [0.2, 0.25) is 26.2 Å². The van der Waals surface area contributed by atoms with Crippen LogP contribution in [0.1, 0.15) is 0 Å². The largest absolute Gasteiger partial charge is 0.311 e. The lowest BCUT2D eigenvalue weighted by atomic mass is 10.1. The molecule has 0 saturated carbocycles. The van der Waals surface area contributed by atoms with E-state index in [1.165, 1.54) is 44.5 Å². The quantitative estimate of drug-likeness (QED) is 0.232. The number of hydrogen-bond acceptors (Lipinski definition) is 2. The predicted molar refractivity (Wildman–Crippen MR) is 169 cm³/mol. The summed E-state index contributed by atoms with van der Waals surface area (Å²) in [5.41, 5.74) is 7.83. The van der Waals surface area contributed by atoms with E-state index in [0.29, 0.717) is 0 Å². The Hall–Kier alpha value is -3.87. The van der Waals surface area contributed by atoms with E-state index in [1.54, 1.807) is 10.4 Å². The Labute approximate surface area is 227 Å². The molecule has 186 valence electrons. The van der Waals surface area contributed by atoms with Crippen molar-refractivity contribution >= 4 is 71.0 Å². The number of para-hydroxylation sites is 4. The third-order valence-electron chi connectivity index (χ3n) is 8.56. The van der Waals surface area contributed by atoms with Gasteiger partial charge in [0.1, 0.15) is 16.1 Å². The average molecular weight is 525 g/mol. The zero-order valence-corrected chi connectivity index (χ0v) is 24.4. The van der Waals surface area contributed by atoms with Gasteiger partial charge in [0.25, 0.3) is 0 Å². The number of fused-ring (bicyclic) bond motifs is 5. The third-order valence-corrected chi connectivity index (χ3v) is 15.9. The van der Waals surface area contributed by atoms with Crippen molar-refractivity contribution in [2.24, 2.45) is 0 Å². The maximum absolute atomic E-state index is 2.56. The zero-order valence-electron chi connectivity index (χ0n) is 22.4. The molecule has 0 atom stereocenters. The van der Waals surface area contributed by atoms with Gasteiger partial charge in [-0.3, -0.25) is 0 Å². The van der Waals surface area contributed by atoms with Crippen LogP contribution in [0.25, 0.3) is 0 Å². The fraction of sp³-hybridized carbons (Fsp3) is 0.118. The van der Waals surface area contributed by atoms with Crippen molar-refractivity contribution in [3.63, 3.8) is 0 Å². The maximum atomic E-state index is 2.56. The highest BCUT2D eigenvalue weighted by atomic mass is 28.3. The zero-order chi connectivity index (χ0) is 26.1. The Balaban J connectivity index is 1.60. The molecule has 2 heterocycles. The molecular formula is C34H32N2Si2. The molecule has 0 aromatic heterocycles. The summed E-state index contributed by atoms with van der Waals surface area (Å²) in [5, 5.41) is 6.23. The van der Waals surface area contributed by atoms with Crippen molar-refractivity contribution in [3.8, 4) is 0 Å². The Morgan fingerprint density at radius 2 is 0.711 bits per heavy atom. The summed E-state index contributed by atoms with van der Waals surface area (Å²) in [6.45, 7) is 10.2. The van der Waals surface area contributed by atoms with E-state index in [2.05, 4.69) is 157 Å². The molecule has 0 aliphatic carbocycles. The highest BCUT2D eigenvalue weighted by molar-refractivity contribution is 7.11. The van der Waals surface area contributed by atoms with Gasteiger partial charge in [-0.15, -0.1) is 0 Å². The third kappa shape index (κ3) is 3.17. The topological polar surface area (TPSA) is 6.48 Å². The molecule has 0 saturated heterocycles. The lowest BCUT2D eigenvalue weighted by Gasteiger charge is -2.48. The van der Waals surface area contributed by atoms with Gasteiger partial charge in [-0.2, -0.15) is 0 Å². The predicted octanol–water partition coefficient (Wildman–Crippen LogP) is 6.90. The van der Waals surface area contributed by atoms with Crippen molar-refractivity contribution in [1.29, 1.82) is 0 Å². The van der Waals surface area contributed by atoms with Gasteiger partial charge in [-0.1, -0.05) is 99.0 Å². The summed E-state index contributed by atoms with van der Waals surface area (Å²) >= 11 is 0. The number of benzene rings is 5. The fourth-order valence-corrected chi connectivity index (χ4v) is 15.1. The molecule has 0 radical (unpaired) electrons. The van der Waals surface area contributed by atoms with Gasteiger partial charge >= 0.3 is 0 Å². The van der Waals surface area contributed by atoms with Crippen LogP contribution in [0, 0.1) is 0 Å². The van der Waals surface area contributed by atoms with Gasteiger partial charge in [0.05, 0.1) is 0 Å². The summed E-state index contributed by atoms with van der Waals surface area (Å²) in [7, 11) is -4.12. The fourth-order valence-electron chi connectivity index (χ4n) is 6.85. The van der Waals surface area contributed by atoms with E-state index in [-0.39, 0.29) is 0 Å². The molecule has 0 bridgehead atoms. The van der Waals surface area contributed by atoms with E-state index in [4.69, 9.17) is 0 Å². The van der Waals surface area contributed by atoms with Crippen molar-refractivity contribution in [3.05, 3.63) is 121 Å². The molecule has 5 aromatic rings. The summed E-state index contributed by atoms with van der Waals surface area (Å²) < 4.78 is 0. The Bertz CT molecular complexity index is 1550. The molecule has 38 heavy (non-hydrogen) atoms. The number of nitrogens with zero attached hydrogens (tertiary/aromatic N) is 2. The van der Waals surface area contributed by atoms with Crippen LogP contribution in [-0.4, -0.2) is 16.1 Å². The Kier molecular flexibility index (Phi) is 5.09. The molecule has 4 heteroatoms. The lowest BCUT2D eigenvalue weighted by Crippen LogP contribution is -2.71. The van der Waals surface area contributed by atoms with Crippen LogP contribution in [0.3, 0.4) is 0 Å². The van der Waals surface area contributed by atoms with Gasteiger partial charge in [-0.25, -0.2) is 0 Å². The van der Waals surface area contributed by atoms with Crippen LogP contribution in [0.15, 0.2) is 121 Å². The second kappa shape index (κ2) is 8.32. The highest BCUT2D eigenvalue weighted by Crippen LogP contribution is 2.43. The van der Waals surface area contributed by atoms with Crippen LogP contribution < -0.4 is 30.5 Å². The molecule has 0 spiro atoms. The van der Waals surface area contributed by atoms with Crippen LogP contribution >= 0.6 is 0 Å². The summed E-state index contributed by atoms with van der Waals surface area (Å²) in [6.07, 6.45) is 0. The van der Waals surface area contributed by atoms with Crippen molar-refractivity contribution in [2.45, 2.75) is 26.2 Å². The first-order chi connectivity index (χ1) is 18.4. The van der Waals surface area contributed by atoms with E-state index in [9.17, 15) is 0 Å². The SMILES string of the molecule is C[Si]1(C)c2ccccc2N(c2ccccc2)c2ccc3c(c21)[Si](C)(C)c1ccccc1N3c1ccccc1. The number of hydrogen-bond donors (Lipinski definition) is 0. The van der Waals surface area contributed by atoms with Gasteiger partial charge in [0.2, 0.25) is 0 Å². The number of rotatable bonds is 2. The van der Waals surface area contributed by atoms with Crippen LogP contribution in [0.4, 0.5) is 34.1 Å². The first-order valence-corrected chi connectivity index (χ1v) is 19.5. The number of anilines is 6. The average Bonchev–Trinajstić information content (AvgIpc) is 2.94. The molecule has 0 unspecified atom stereocenters. The smallest absolute Gasteiger partial charge is 0.117 e. The van der Waals surface area contributed by atoms with E-state index in [1.807, 2.05) is 0 Å². The van der Waals surface area contributed by atoms with Gasteiger partial charge in [-0.05, 0) is 69.3 Å². The van der Waals surface area contributed by atoms with Crippen molar-refractivity contribution in [2.75, 3.05) is 9.80 Å². The van der Waals surface area contributed by atoms with Crippen LogP contribution in [0.5, 0.6) is 0 Å². The molecule has 7 rings (SSSR count). The Morgan fingerprint density at radius 3 is 1.11 bits per heavy atom. The molecule has 5 aromatic carbocycles. The van der Waals surface area contributed by atoms with Gasteiger partial charge in [0, 0.05) is 34.1 Å². The highest BCUT2D eigenvalue weighted by Gasteiger charge is 2.48. The minimum atomic E-state index is -2.06. The van der Waals surface area contributed by atoms with Crippen molar-refractivity contribution < 1.29 is 0 Å². The second-order valence-electron chi connectivity index (χ2n) is 11.5. The molecule has 2 aliphatic heterocycles. The summed E-state index contributed by atoms with van der Waals surface area (Å²) in [6, 6.07) is 44.8. The van der Waals surface area contributed by atoms with Gasteiger partial charge in [0.15, 0.2) is 0 Å². The molecular weight excluding hydrogens is 493 g/mol. The van der Waals surface area contributed by atoms with Crippen LogP contribution in [-0.2, 0) is 0 Å². The van der Waals surface area contributed by atoms with E-state index >= 15 is 0 Å². The molecule has 0 N–H and O–H groups in total. The molecule has 2 aliphatic rings. The lowest BCUT2D eigenvalue weighted by molar-refractivity contribution is 1.26. The van der Waals surface area contributed by atoms with Gasteiger partial charge < -0.3 is 9.80 Å². The first kappa shape index (κ1) is 23.3. The maximum Gasteiger partial charge on any atom is 0.117 e. The van der Waals surface area contributed by atoms with Crippen molar-refractivity contribution in [1.82, 2.24) is 0 Å². The normalized spacial score (nSPS) is 16.2. The molecule has 2 nitrogen and oxygen atoms in total. The minimum absolute atomic E-state index is 1.22. The summed E-state index contributed by atoms with van der Waals surface area (Å²) in [5.74, 6) is 0. The van der Waals surface area contributed by atoms with E-state index < -0.39 is 16.1 Å². The monoisotopic (exact) mass is 524 g/mol. The standard InChI is InChI=1S/C34H32N2Si2/c1-37(2)31-21-13-11-19-27(31)35(25-15-7-5-8-16-25)29-23-24-30-34(33(29)37)38(3,4)32-22-14-12-20-28(32)36(30)26-17-9-6-10-18-26/h5-24H,1-4H3. The summed E-state index contributed by atoms with van der Waals surface area (Å²) in [4.78, 5) is 5.03. The first-order valence-electron chi connectivity index (χ1n) is 13.5. The molecule has 0 amide bonds. The second-order valence-corrected chi connectivity index (χ2v) is 20.1. The Morgan fingerprint density at radius 1 is 0.368 bits per heavy atom. The minimum Gasteiger partial charge on any atom is -0.311 e.